The summed E-state index contributed by atoms with van der Waals surface area (Å²) in [5.74, 6) is -0.341. The molecule has 2 amide bonds. The van der Waals surface area contributed by atoms with E-state index >= 15 is 0 Å². The second-order valence-electron chi connectivity index (χ2n) is 8.48. The van der Waals surface area contributed by atoms with Gasteiger partial charge in [-0.15, -0.1) is 17.0 Å². The summed E-state index contributed by atoms with van der Waals surface area (Å²) in [7, 11) is 0. The lowest BCUT2D eigenvalue weighted by atomic mass is 9.94. The highest BCUT2D eigenvalue weighted by atomic mass is 79.9. The Labute approximate surface area is 209 Å². The van der Waals surface area contributed by atoms with Gasteiger partial charge in [-0.3, -0.25) is 19.4 Å². The zero-order chi connectivity index (χ0) is 22.1. The first-order valence-electron chi connectivity index (χ1n) is 11.2. The van der Waals surface area contributed by atoms with E-state index in [0.717, 1.165) is 61.4 Å². The smallest absolute Gasteiger partial charge is 0.261 e. The van der Waals surface area contributed by atoms with Gasteiger partial charge in [-0.2, -0.15) is 0 Å². The fourth-order valence-electron chi connectivity index (χ4n) is 4.77. The summed E-state index contributed by atoms with van der Waals surface area (Å²) in [6, 6.07) is 19.3. The van der Waals surface area contributed by atoms with E-state index in [9.17, 15) is 9.59 Å². The molecule has 0 aliphatic carbocycles. The van der Waals surface area contributed by atoms with Crippen molar-refractivity contribution in [2.45, 2.75) is 12.8 Å². The van der Waals surface area contributed by atoms with Crippen molar-refractivity contribution in [1.29, 1.82) is 0 Å². The van der Waals surface area contributed by atoms with Gasteiger partial charge in [0.15, 0.2) is 0 Å². The number of unbranched alkanes of at least 4 members (excludes halogenated alkanes) is 1. The number of halogens is 2. The summed E-state index contributed by atoms with van der Waals surface area (Å²) in [4.78, 5) is 32.2. The van der Waals surface area contributed by atoms with Crippen molar-refractivity contribution in [2.75, 3.05) is 44.2 Å². The molecule has 0 bridgehead atoms. The summed E-state index contributed by atoms with van der Waals surface area (Å²) in [6.07, 6.45) is 1.77. The maximum Gasteiger partial charge on any atom is 0.261 e. The lowest BCUT2D eigenvalue weighted by Crippen LogP contribution is -2.46. The Balaban J connectivity index is 0.00000259. The molecule has 0 radical (unpaired) electrons. The molecule has 5 nitrogen and oxygen atoms in total. The average molecular weight is 529 g/mol. The number of carbonyl (C=O) groups is 2. The van der Waals surface area contributed by atoms with Crippen molar-refractivity contribution in [1.82, 2.24) is 9.80 Å². The molecule has 1 fully saturated rings. The molecule has 172 valence electrons. The van der Waals surface area contributed by atoms with Crippen molar-refractivity contribution in [3.05, 3.63) is 76.8 Å². The molecule has 0 aromatic heterocycles. The Morgan fingerprint density at radius 1 is 0.727 bits per heavy atom. The van der Waals surface area contributed by atoms with Crippen molar-refractivity contribution in [2.24, 2.45) is 0 Å². The molecule has 33 heavy (non-hydrogen) atoms. The molecule has 7 heteroatoms. The highest BCUT2D eigenvalue weighted by Crippen LogP contribution is 2.30. The number of imide groups is 1. The van der Waals surface area contributed by atoms with Crippen LogP contribution in [0, 0.1) is 0 Å². The first-order chi connectivity index (χ1) is 15.6. The van der Waals surface area contributed by atoms with E-state index in [0.29, 0.717) is 17.7 Å². The number of hydrogen-bond acceptors (Lipinski definition) is 4. The topological polar surface area (TPSA) is 43.9 Å². The maximum absolute atomic E-state index is 13.0. The van der Waals surface area contributed by atoms with Crippen LogP contribution in [0.2, 0.25) is 5.02 Å². The second-order valence-corrected chi connectivity index (χ2v) is 8.92. The molecular formula is C26H27BrClN3O2. The van der Waals surface area contributed by atoms with Gasteiger partial charge in [0.1, 0.15) is 0 Å². The van der Waals surface area contributed by atoms with Gasteiger partial charge in [-0.1, -0.05) is 35.9 Å². The molecule has 0 spiro atoms. The third-order valence-electron chi connectivity index (χ3n) is 6.53. The summed E-state index contributed by atoms with van der Waals surface area (Å²) >= 11 is 5.99. The molecular weight excluding hydrogens is 502 g/mol. The fourth-order valence-corrected chi connectivity index (χ4v) is 4.90. The predicted molar refractivity (Wildman–Crippen MR) is 139 cm³/mol. The number of nitrogens with zero attached hydrogens (tertiary/aromatic N) is 3. The van der Waals surface area contributed by atoms with Crippen LogP contribution < -0.4 is 4.90 Å². The largest absolute Gasteiger partial charge is 0.369 e. The van der Waals surface area contributed by atoms with E-state index in [1.807, 2.05) is 48.5 Å². The fraction of sp³-hybridized carbons (Fsp3) is 0.308. The summed E-state index contributed by atoms with van der Waals surface area (Å²) in [5.41, 5.74) is 2.48. The van der Waals surface area contributed by atoms with Crippen molar-refractivity contribution in [3.8, 4) is 0 Å². The number of anilines is 1. The van der Waals surface area contributed by atoms with Crippen LogP contribution >= 0.6 is 28.6 Å². The van der Waals surface area contributed by atoms with Gasteiger partial charge >= 0.3 is 0 Å². The molecule has 0 N–H and O–H groups in total. The van der Waals surface area contributed by atoms with Gasteiger partial charge in [0.25, 0.3) is 11.8 Å². The van der Waals surface area contributed by atoms with E-state index < -0.39 is 0 Å². The SMILES string of the molecule is Br.O=C1c2cccc3cccc(c23)C(=O)N1CCCCN1CCN(c2ccc(Cl)cc2)CC1. The van der Waals surface area contributed by atoms with Gasteiger partial charge in [0, 0.05) is 59.9 Å². The predicted octanol–water partition coefficient (Wildman–Crippen LogP) is 5.27. The standard InChI is InChI=1S/C26H26ClN3O2.BrH/c27-20-9-11-21(12-10-20)29-17-15-28(16-18-29)13-1-2-14-30-25(31)22-7-3-5-19-6-4-8-23(24(19)22)26(30)32;/h3-12H,1-2,13-18H2;1H. The first-order valence-corrected chi connectivity index (χ1v) is 11.6. The van der Waals surface area contributed by atoms with Crippen LogP contribution in [0.3, 0.4) is 0 Å². The van der Waals surface area contributed by atoms with Gasteiger partial charge in [0.2, 0.25) is 0 Å². The molecule has 0 unspecified atom stereocenters. The lowest BCUT2D eigenvalue weighted by molar-refractivity contribution is 0.0606. The Kier molecular flexibility index (Phi) is 7.37. The van der Waals surface area contributed by atoms with E-state index in [-0.39, 0.29) is 28.8 Å². The van der Waals surface area contributed by atoms with E-state index in [1.165, 1.54) is 10.6 Å². The van der Waals surface area contributed by atoms with Crippen molar-refractivity contribution >= 4 is 56.9 Å². The van der Waals surface area contributed by atoms with Gasteiger partial charge in [-0.05, 0) is 61.2 Å². The molecule has 2 aliphatic heterocycles. The molecule has 0 atom stereocenters. The van der Waals surface area contributed by atoms with Crippen LogP contribution in [0.15, 0.2) is 60.7 Å². The van der Waals surface area contributed by atoms with Crippen LogP contribution in [0.25, 0.3) is 10.8 Å². The Morgan fingerprint density at radius 2 is 1.30 bits per heavy atom. The van der Waals surface area contributed by atoms with Gasteiger partial charge < -0.3 is 4.90 Å². The van der Waals surface area contributed by atoms with Crippen LogP contribution in [0.5, 0.6) is 0 Å². The van der Waals surface area contributed by atoms with Crippen LogP contribution in [0.1, 0.15) is 33.6 Å². The highest BCUT2D eigenvalue weighted by molar-refractivity contribution is 8.93. The summed E-state index contributed by atoms with van der Waals surface area (Å²) < 4.78 is 0. The monoisotopic (exact) mass is 527 g/mol. The normalized spacial score (nSPS) is 16.3. The Hall–Kier alpha value is -2.41. The zero-order valence-electron chi connectivity index (χ0n) is 18.4. The lowest BCUT2D eigenvalue weighted by Gasteiger charge is -2.36. The molecule has 3 aromatic rings. The number of piperazine rings is 1. The Bertz CT molecular complexity index is 1110. The third-order valence-corrected chi connectivity index (χ3v) is 6.78. The van der Waals surface area contributed by atoms with Gasteiger partial charge in [-0.25, -0.2) is 0 Å². The van der Waals surface area contributed by atoms with E-state index in [4.69, 9.17) is 11.6 Å². The third kappa shape index (κ3) is 4.79. The highest BCUT2D eigenvalue weighted by Gasteiger charge is 2.32. The van der Waals surface area contributed by atoms with Crippen molar-refractivity contribution in [3.63, 3.8) is 0 Å². The number of benzene rings is 3. The second kappa shape index (κ2) is 10.2. The number of amides is 2. The van der Waals surface area contributed by atoms with E-state index in [2.05, 4.69) is 21.9 Å². The average Bonchev–Trinajstić information content (AvgIpc) is 2.83. The summed E-state index contributed by atoms with van der Waals surface area (Å²) in [6.45, 7) is 5.46. The number of hydrogen-bond donors (Lipinski definition) is 0. The molecule has 5 rings (SSSR count). The number of carbonyl (C=O) groups excluding carboxylic acids is 2. The number of rotatable bonds is 6. The molecule has 0 saturated carbocycles. The van der Waals surface area contributed by atoms with Crippen molar-refractivity contribution < 1.29 is 9.59 Å². The zero-order valence-corrected chi connectivity index (χ0v) is 20.8. The van der Waals surface area contributed by atoms with Crippen LogP contribution in [-0.4, -0.2) is 60.9 Å². The quantitative estimate of drug-likeness (QED) is 0.323. The van der Waals surface area contributed by atoms with Crippen LogP contribution in [-0.2, 0) is 0 Å². The minimum absolute atomic E-state index is 0. The minimum Gasteiger partial charge on any atom is -0.369 e. The molecule has 3 aromatic carbocycles. The molecule has 2 heterocycles. The summed E-state index contributed by atoms with van der Waals surface area (Å²) in [5, 5.41) is 2.50. The minimum atomic E-state index is -0.170. The molecule has 1 saturated heterocycles. The van der Waals surface area contributed by atoms with E-state index in [1.54, 1.807) is 0 Å². The first kappa shape index (κ1) is 23.7. The Morgan fingerprint density at radius 3 is 1.91 bits per heavy atom. The van der Waals surface area contributed by atoms with Crippen LogP contribution in [0.4, 0.5) is 5.69 Å². The molecule has 2 aliphatic rings. The maximum atomic E-state index is 13.0. The van der Waals surface area contributed by atoms with Gasteiger partial charge in [0.05, 0.1) is 0 Å².